The zero-order chi connectivity index (χ0) is 13.0. The summed E-state index contributed by atoms with van der Waals surface area (Å²) in [6.07, 6.45) is 0. The van der Waals surface area contributed by atoms with E-state index in [1.54, 1.807) is 6.07 Å². The molecule has 90 valence electrons. The van der Waals surface area contributed by atoms with Crippen LogP contribution in [0.15, 0.2) is 16.6 Å². The van der Waals surface area contributed by atoms with Gasteiger partial charge in [0.05, 0.1) is 18.2 Å². The van der Waals surface area contributed by atoms with Gasteiger partial charge in [0.2, 0.25) is 0 Å². The first kappa shape index (κ1) is 13.4. The van der Waals surface area contributed by atoms with Gasteiger partial charge in [0, 0.05) is 4.47 Å². The molecule has 0 atom stereocenters. The van der Waals surface area contributed by atoms with Crippen LogP contribution in [0, 0.1) is 11.3 Å². The van der Waals surface area contributed by atoms with Gasteiger partial charge in [-0.25, -0.2) is 4.79 Å². The lowest BCUT2D eigenvalue weighted by atomic mass is 10.1. The van der Waals surface area contributed by atoms with Gasteiger partial charge in [-0.3, -0.25) is 0 Å². The first-order valence-corrected chi connectivity index (χ1v) is 5.05. The van der Waals surface area contributed by atoms with Crippen LogP contribution in [0.2, 0.25) is 0 Å². The number of benzene rings is 1. The van der Waals surface area contributed by atoms with Gasteiger partial charge in [0.25, 0.3) is 0 Å². The Balaban J connectivity index is 3.25. The Bertz CT molecular complexity index is 485. The minimum atomic E-state index is -3.04. The summed E-state index contributed by atoms with van der Waals surface area (Å²) in [5.41, 5.74) is -0.112. The van der Waals surface area contributed by atoms with Crippen LogP contribution in [-0.2, 0) is 4.74 Å². The molecule has 1 aromatic carbocycles. The van der Waals surface area contributed by atoms with Crippen molar-refractivity contribution in [1.29, 1.82) is 5.26 Å². The molecule has 0 heterocycles. The Hall–Kier alpha value is -1.68. The normalized spacial score (nSPS) is 9.88. The third-order valence-electron chi connectivity index (χ3n) is 1.81. The van der Waals surface area contributed by atoms with E-state index in [1.165, 1.54) is 7.11 Å². The van der Waals surface area contributed by atoms with E-state index < -0.39 is 12.6 Å². The van der Waals surface area contributed by atoms with Gasteiger partial charge in [-0.1, -0.05) is 0 Å². The second-order valence-corrected chi connectivity index (χ2v) is 3.66. The molecule has 0 N–H and O–H groups in total. The summed E-state index contributed by atoms with van der Waals surface area (Å²) in [7, 11) is 1.17. The number of ether oxygens (including phenoxy) is 2. The highest BCUT2D eigenvalue weighted by molar-refractivity contribution is 9.10. The number of methoxy groups -OCH3 is 1. The van der Waals surface area contributed by atoms with Gasteiger partial charge in [-0.2, -0.15) is 14.0 Å². The number of esters is 1. The molecule has 1 rings (SSSR count). The molecule has 0 aliphatic rings. The number of rotatable bonds is 3. The van der Waals surface area contributed by atoms with Crippen molar-refractivity contribution >= 4 is 21.9 Å². The summed E-state index contributed by atoms with van der Waals surface area (Å²) >= 11 is 3.01. The van der Waals surface area contributed by atoms with Crippen molar-refractivity contribution in [3.63, 3.8) is 0 Å². The van der Waals surface area contributed by atoms with Gasteiger partial charge >= 0.3 is 12.6 Å². The highest BCUT2D eigenvalue weighted by Crippen LogP contribution is 2.28. The highest BCUT2D eigenvalue weighted by Gasteiger charge is 2.17. The molecule has 1 aromatic rings. The zero-order valence-electron chi connectivity index (χ0n) is 8.54. The Morgan fingerprint density at radius 1 is 1.53 bits per heavy atom. The summed E-state index contributed by atoms with van der Waals surface area (Å²) in [5.74, 6) is -0.987. The average Bonchev–Trinajstić information content (AvgIpc) is 2.27. The maximum Gasteiger partial charge on any atom is 0.387 e. The van der Waals surface area contributed by atoms with Crippen LogP contribution < -0.4 is 4.74 Å². The Kier molecular flexibility index (Phi) is 4.40. The monoisotopic (exact) mass is 305 g/mol. The quantitative estimate of drug-likeness (QED) is 0.806. The van der Waals surface area contributed by atoms with Crippen molar-refractivity contribution in [2.75, 3.05) is 7.11 Å². The van der Waals surface area contributed by atoms with E-state index >= 15 is 0 Å². The number of carbonyl (C=O) groups is 1. The van der Waals surface area contributed by atoms with Crippen molar-refractivity contribution in [2.24, 2.45) is 0 Å². The van der Waals surface area contributed by atoms with Crippen LogP contribution in [0.5, 0.6) is 5.75 Å². The Morgan fingerprint density at radius 3 is 2.65 bits per heavy atom. The molecule has 17 heavy (non-hydrogen) atoms. The minimum absolute atomic E-state index is 0.0608. The molecule has 0 aliphatic heterocycles. The number of alkyl halides is 2. The molecule has 0 spiro atoms. The van der Waals surface area contributed by atoms with Crippen molar-refractivity contribution in [2.45, 2.75) is 6.61 Å². The molecule has 0 fully saturated rings. The highest BCUT2D eigenvalue weighted by atomic mass is 79.9. The topological polar surface area (TPSA) is 59.3 Å². The van der Waals surface area contributed by atoms with Crippen LogP contribution in [0.25, 0.3) is 0 Å². The van der Waals surface area contributed by atoms with Gasteiger partial charge in [-0.05, 0) is 28.1 Å². The third-order valence-corrected chi connectivity index (χ3v) is 2.47. The molecule has 0 unspecified atom stereocenters. The standard InChI is InChI=1S/C10H6BrF2NO3/c1-16-9(15)6-2-5(4-14)8(3-7(6)11)17-10(12)13/h2-3,10H,1H3. The molecule has 0 radical (unpaired) electrons. The summed E-state index contributed by atoms with van der Waals surface area (Å²) in [6.45, 7) is -3.04. The third kappa shape index (κ3) is 3.14. The lowest BCUT2D eigenvalue weighted by Crippen LogP contribution is -2.07. The number of hydrogen-bond acceptors (Lipinski definition) is 4. The summed E-state index contributed by atoms with van der Waals surface area (Å²) in [4.78, 5) is 11.3. The molecule has 4 nitrogen and oxygen atoms in total. The van der Waals surface area contributed by atoms with Crippen LogP contribution in [0.1, 0.15) is 15.9 Å². The molecule has 0 saturated heterocycles. The van der Waals surface area contributed by atoms with Crippen molar-refractivity contribution < 1.29 is 23.0 Å². The fraction of sp³-hybridized carbons (Fsp3) is 0.200. The smallest absolute Gasteiger partial charge is 0.387 e. The van der Waals surface area contributed by atoms with E-state index in [9.17, 15) is 13.6 Å². The predicted octanol–water partition coefficient (Wildman–Crippen LogP) is 2.71. The fourth-order valence-electron chi connectivity index (χ4n) is 1.10. The van der Waals surface area contributed by atoms with E-state index in [1.807, 2.05) is 0 Å². The first-order valence-electron chi connectivity index (χ1n) is 4.26. The largest absolute Gasteiger partial charge is 0.465 e. The molecule has 0 saturated carbocycles. The van der Waals surface area contributed by atoms with Crippen LogP contribution in [-0.4, -0.2) is 19.7 Å². The van der Waals surface area contributed by atoms with E-state index in [-0.39, 0.29) is 21.3 Å². The van der Waals surface area contributed by atoms with E-state index in [0.29, 0.717) is 0 Å². The van der Waals surface area contributed by atoms with E-state index in [2.05, 4.69) is 25.4 Å². The van der Waals surface area contributed by atoms with E-state index in [0.717, 1.165) is 12.1 Å². The summed E-state index contributed by atoms with van der Waals surface area (Å²) in [5, 5.41) is 8.76. The summed E-state index contributed by atoms with van der Waals surface area (Å²) < 4.78 is 32.9. The predicted molar refractivity (Wildman–Crippen MR) is 56.8 cm³/mol. The van der Waals surface area contributed by atoms with Crippen LogP contribution in [0.4, 0.5) is 8.78 Å². The Labute approximate surface area is 104 Å². The van der Waals surface area contributed by atoms with Crippen molar-refractivity contribution in [1.82, 2.24) is 0 Å². The lowest BCUT2D eigenvalue weighted by Gasteiger charge is -2.09. The summed E-state index contributed by atoms with van der Waals surface area (Å²) in [6, 6.07) is 3.90. The zero-order valence-corrected chi connectivity index (χ0v) is 10.1. The number of hydrogen-bond donors (Lipinski definition) is 0. The van der Waals surface area contributed by atoms with Crippen LogP contribution >= 0.6 is 15.9 Å². The van der Waals surface area contributed by atoms with E-state index in [4.69, 9.17) is 5.26 Å². The minimum Gasteiger partial charge on any atom is -0.465 e. The molecule has 0 bridgehead atoms. The Morgan fingerprint density at radius 2 is 2.18 bits per heavy atom. The SMILES string of the molecule is COC(=O)c1cc(C#N)c(OC(F)F)cc1Br. The van der Waals surface area contributed by atoms with Gasteiger partial charge < -0.3 is 9.47 Å². The maximum absolute atomic E-state index is 12.1. The number of carbonyl (C=O) groups excluding carboxylic acids is 1. The number of nitriles is 1. The molecule has 0 amide bonds. The average molecular weight is 306 g/mol. The second kappa shape index (κ2) is 5.59. The number of halogens is 3. The first-order chi connectivity index (χ1) is 7.99. The van der Waals surface area contributed by atoms with Crippen LogP contribution in [0.3, 0.4) is 0 Å². The van der Waals surface area contributed by atoms with Gasteiger partial charge in [0.15, 0.2) is 0 Å². The van der Waals surface area contributed by atoms with Crippen molar-refractivity contribution in [3.05, 3.63) is 27.7 Å². The number of nitrogens with zero attached hydrogens (tertiary/aromatic N) is 1. The van der Waals surface area contributed by atoms with Gasteiger partial charge in [-0.15, -0.1) is 0 Å². The van der Waals surface area contributed by atoms with Crippen molar-refractivity contribution in [3.8, 4) is 11.8 Å². The molecule has 0 aliphatic carbocycles. The lowest BCUT2D eigenvalue weighted by molar-refractivity contribution is -0.0500. The molecular weight excluding hydrogens is 300 g/mol. The maximum atomic E-state index is 12.1. The second-order valence-electron chi connectivity index (χ2n) is 2.81. The molecule has 7 heteroatoms. The molecular formula is C10H6BrF2NO3. The molecule has 0 aromatic heterocycles. The van der Waals surface area contributed by atoms with Gasteiger partial charge in [0.1, 0.15) is 11.8 Å². The fourth-order valence-corrected chi connectivity index (χ4v) is 1.59.